The van der Waals surface area contributed by atoms with E-state index in [2.05, 4.69) is 19.2 Å². The minimum Gasteiger partial charge on any atom is -0.486 e. The van der Waals surface area contributed by atoms with Crippen LogP contribution in [0, 0.1) is 5.92 Å². The number of halogens is 1. The summed E-state index contributed by atoms with van der Waals surface area (Å²) < 4.78 is 16.7. The predicted molar refractivity (Wildman–Crippen MR) is 100 cm³/mol. The van der Waals surface area contributed by atoms with Crippen molar-refractivity contribution in [2.24, 2.45) is 5.92 Å². The van der Waals surface area contributed by atoms with E-state index in [0.717, 1.165) is 11.3 Å². The first kappa shape index (κ1) is 18.4. The molecule has 0 spiro atoms. The lowest BCUT2D eigenvalue weighted by Gasteiger charge is -2.25. The Morgan fingerprint density at radius 1 is 1.15 bits per heavy atom. The van der Waals surface area contributed by atoms with Crippen LogP contribution in [-0.4, -0.2) is 25.7 Å². The van der Waals surface area contributed by atoms with Gasteiger partial charge in [-0.1, -0.05) is 37.6 Å². The van der Waals surface area contributed by atoms with E-state index in [9.17, 15) is 4.79 Å². The molecule has 0 radical (unpaired) electrons. The van der Waals surface area contributed by atoms with Crippen LogP contribution in [0.2, 0.25) is 5.02 Å². The minimum atomic E-state index is -0.196. The molecule has 0 unspecified atom stereocenters. The zero-order chi connectivity index (χ0) is 18.5. The Balaban J connectivity index is 1.65. The van der Waals surface area contributed by atoms with E-state index >= 15 is 0 Å². The Bertz CT molecular complexity index is 778. The molecular weight excluding hydrogens is 354 g/mol. The number of amides is 1. The summed E-state index contributed by atoms with van der Waals surface area (Å²) in [6, 6.07) is 12.6. The smallest absolute Gasteiger partial charge is 0.258 e. The van der Waals surface area contributed by atoms with Gasteiger partial charge in [0, 0.05) is 5.02 Å². The maximum atomic E-state index is 12.4. The number of fused-ring (bicyclic) bond motifs is 1. The molecule has 6 heteroatoms. The lowest BCUT2D eigenvalue weighted by Crippen LogP contribution is -2.35. The second kappa shape index (κ2) is 8.32. The van der Waals surface area contributed by atoms with Crippen molar-refractivity contribution in [3.8, 4) is 17.2 Å². The number of benzene rings is 2. The standard InChI is InChI=1S/C20H22ClNO4/c1-13(2)20(14-6-7-17-18(10-14)25-9-8-24-17)22-19(23)12-26-16-5-3-4-15(21)11-16/h3-7,10-11,13,20H,8-9,12H2,1-2H3,(H,22,23)/t20-/m0/s1. The molecule has 0 fully saturated rings. The Morgan fingerprint density at radius 2 is 1.92 bits per heavy atom. The molecule has 1 amide bonds. The molecule has 3 rings (SSSR count). The van der Waals surface area contributed by atoms with Crippen LogP contribution in [0.1, 0.15) is 25.5 Å². The molecule has 1 heterocycles. The molecule has 5 nitrogen and oxygen atoms in total. The van der Waals surface area contributed by atoms with Gasteiger partial charge in [0.2, 0.25) is 0 Å². The molecule has 0 aromatic heterocycles. The fourth-order valence-electron chi connectivity index (χ4n) is 2.81. The largest absolute Gasteiger partial charge is 0.486 e. The van der Waals surface area contributed by atoms with Gasteiger partial charge in [-0.05, 0) is 41.8 Å². The highest BCUT2D eigenvalue weighted by Gasteiger charge is 2.21. The normalized spacial score (nSPS) is 14.0. The molecule has 2 aromatic carbocycles. The highest BCUT2D eigenvalue weighted by molar-refractivity contribution is 6.30. The second-order valence-electron chi connectivity index (χ2n) is 6.44. The Kier molecular flexibility index (Phi) is 5.89. The molecule has 138 valence electrons. The summed E-state index contributed by atoms with van der Waals surface area (Å²) >= 11 is 5.92. The minimum absolute atomic E-state index is 0.0753. The number of nitrogens with one attached hydrogen (secondary N) is 1. The van der Waals surface area contributed by atoms with Crippen LogP contribution in [0.25, 0.3) is 0 Å². The van der Waals surface area contributed by atoms with E-state index in [1.807, 2.05) is 18.2 Å². The number of ether oxygens (including phenoxy) is 3. The third-order valence-electron chi connectivity index (χ3n) is 4.07. The van der Waals surface area contributed by atoms with Gasteiger partial charge in [-0.3, -0.25) is 4.79 Å². The monoisotopic (exact) mass is 375 g/mol. The van der Waals surface area contributed by atoms with E-state index < -0.39 is 0 Å². The molecule has 0 saturated heterocycles. The van der Waals surface area contributed by atoms with Crippen molar-refractivity contribution in [2.75, 3.05) is 19.8 Å². The quantitative estimate of drug-likeness (QED) is 0.829. The first-order valence-corrected chi connectivity index (χ1v) is 8.98. The van der Waals surface area contributed by atoms with Crippen LogP contribution in [0.3, 0.4) is 0 Å². The highest BCUT2D eigenvalue weighted by Crippen LogP contribution is 2.34. The Morgan fingerprint density at radius 3 is 2.65 bits per heavy atom. The summed E-state index contributed by atoms with van der Waals surface area (Å²) in [7, 11) is 0. The maximum absolute atomic E-state index is 12.4. The van der Waals surface area contributed by atoms with Gasteiger partial charge in [0.15, 0.2) is 18.1 Å². The third-order valence-corrected chi connectivity index (χ3v) is 4.31. The summed E-state index contributed by atoms with van der Waals surface area (Å²) in [5.74, 6) is 2.02. The molecule has 26 heavy (non-hydrogen) atoms. The molecule has 1 N–H and O–H groups in total. The molecule has 0 aliphatic carbocycles. The van der Waals surface area contributed by atoms with Crippen LogP contribution in [0.5, 0.6) is 17.2 Å². The topological polar surface area (TPSA) is 56.8 Å². The average Bonchev–Trinajstić information content (AvgIpc) is 2.64. The van der Waals surface area contributed by atoms with Crippen molar-refractivity contribution in [1.82, 2.24) is 5.32 Å². The number of hydrogen-bond donors (Lipinski definition) is 1. The van der Waals surface area contributed by atoms with Crippen LogP contribution >= 0.6 is 11.6 Å². The van der Waals surface area contributed by atoms with Crippen molar-refractivity contribution in [2.45, 2.75) is 19.9 Å². The lowest BCUT2D eigenvalue weighted by molar-refractivity contribution is -0.124. The van der Waals surface area contributed by atoms with E-state index in [-0.39, 0.29) is 24.5 Å². The van der Waals surface area contributed by atoms with Crippen LogP contribution in [-0.2, 0) is 4.79 Å². The van der Waals surface area contributed by atoms with Crippen molar-refractivity contribution in [3.63, 3.8) is 0 Å². The maximum Gasteiger partial charge on any atom is 0.258 e. The van der Waals surface area contributed by atoms with Crippen molar-refractivity contribution in [1.29, 1.82) is 0 Å². The third kappa shape index (κ3) is 4.61. The van der Waals surface area contributed by atoms with Crippen molar-refractivity contribution in [3.05, 3.63) is 53.1 Å². The first-order valence-electron chi connectivity index (χ1n) is 8.60. The van der Waals surface area contributed by atoms with Gasteiger partial charge in [0.25, 0.3) is 5.91 Å². The summed E-state index contributed by atoms with van der Waals surface area (Å²) in [5.41, 5.74) is 0.973. The SMILES string of the molecule is CC(C)[C@H](NC(=O)COc1cccc(Cl)c1)c1ccc2c(c1)OCCO2. The number of carbonyl (C=O) groups excluding carboxylic acids is 1. The fraction of sp³-hybridized carbons (Fsp3) is 0.350. The molecule has 0 saturated carbocycles. The number of rotatable bonds is 6. The van der Waals surface area contributed by atoms with E-state index in [1.54, 1.807) is 24.3 Å². The first-order chi connectivity index (χ1) is 12.5. The summed E-state index contributed by atoms with van der Waals surface area (Å²) in [4.78, 5) is 12.4. The van der Waals surface area contributed by atoms with E-state index in [0.29, 0.717) is 29.7 Å². The predicted octanol–water partition coefficient (Wildman–Crippen LogP) is 4.00. The molecule has 1 atom stereocenters. The van der Waals surface area contributed by atoms with Gasteiger partial charge in [-0.15, -0.1) is 0 Å². The molecule has 1 aliphatic heterocycles. The van der Waals surface area contributed by atoms with Crippen molar-refractivity contribution >= 4 is 17.5 Å². The van der Waals surface area contributed by atoms with Gasteiger partial charge >= 0.3 is 0 Å². The van der Waals surface area contributed by atoms with Gasteiger partial charge in [-0.25, -0.2) is 0 Å². The Labute approximate surface area is 158 Å². The van der Waals surface area contributed by atoms with Gasteiger partial charge in [0.1, 0.15) is 19.0 Å². The molecule has 0 bridgehead atoms. The Hall–Kier alpha value is -2.40. The summed E-state index contributed by atoms with van der Waals surface area (Å²) in [6.07, 6.45) is 0. The zero-order valence-electron chi connectivity index (χ0n) is 14.8. The summed E-state index contributed by atoms with van der Waals surface area (Å²) in [6.45, 7) is 5.12. The number of hydrogen-bond acceptors (Lipinski definition) is 4. The fourth-order valence-corrected chi connectivity index (χ4v) is 2.99. The highest BCUT2D eigenvalue weighted by atomic mass is 35.5. The van der Waals surface area contributed by atoms with Gasteiger partial charge in [0.05, 0.1) is 6.04 Å². The van der Waals surface area contributed by atoms with Crippen LogP contribution < -0.4 is 19.5 Å². The number of carbonyl (C=O) groups is 1. The zero-order valence-corrected chi connectivity index (χ0v) is 15.6. The van der Waals surface area contributed by atoms with Crippen LogP contribution in [0.4, 0.5) is 0 Å². The van der Waals surface area contributed by atoms with Gasteiger partial charge in [-0.2, -0.15) is 0 Å². The van der Waals surface area contributed by atoms with E-state index in [4.69, 9.17) is 25.8 Å². The second-order valence-corrected chi connectivity index (χ2v) is 6.87. The van der Waals surface area contributed by atoms with E-state index in [1.165, 1.54) is 0 Å². The molecule has 2 aromatic rings. The molecule has 1 aliphatic rings. The van der Waals surface area contributed by atoms with Crippen molar-refractivity contribution < 1.29 is 19.0 Å². The lowest BCUT2D eigenvalue weighted by atomic mass is 9.95. The average molecular weight is 376 g/mol. The molecular formula is C20H22ClNO4. The van der Waals surface area contributed by atoms with Gasteiger partial charge < -0.3 is 19.5 Å². The summed E-state index contributed by atoms with van der Waals surface area (Å²) in [5, 5.41) is 3.60. The van der Waals surface area contributed by atoms with Crippen LogP contribution in [0.15, 0.2) is 42.5 Å².